The molecule has 2 aromatic rings. The zero-order valence-corrected chi connectivity index (χ0v) is 16.7. The Morgan fingerprint density at radius 2 is 1.89 bits per heavy atom. The van der Waals surface area contributed by atoms with Crippen LogP contribution in [-0.2, 0) is 4.79 Å². The van der Waals surface area contributed by atoms with Crippen LogP contribution < -0.4 is 5.32 Å². The molecule has 0 unspecified atom stereocenters. The van der Waals surface area contributed by atoms with Crippen molar-refractivity contribution < 1.29 is 9.59 Å². The minimum Gasteiger partial charge on any atom is -0.352 e. The molecule has 2 aliphatic rings. The Morgan fingerprint density at radius 3 is 2.75 bits per heavy atom. The summed E-state index contributed by atoms with van der Waals surface area (Å²) in [5.41, 5.74) is 0.644. The fourth-order valence-corrected chi connectivity index (χ4v) is 5.06. The highest BCUT2D eigenvalue weighted by Crippen LogP contribution is 2.38. The van der Waals surface area contributed by atoms with Crippen LogP contribution in [0.1, 0.15) is 55.8 Å². The van der Waals surface area contributed by atoms with Gasteiger partial charge in [-0.1, -0.05) is 37.3 Å². The Kier molecular flexibility index (Phi) is 5.65. The summed E-state index contributed by atoms with van der Waals surface area (Å²) in [6.45, 7) is 3.61. The number of nitrogens with zero attached hydrogens (tertiary/aromatic N) is 1. The molecule has 0 aromatic heterocycles. The van der Waals surface area contributed by atoms with Crippen molar-refractivity contribution in [3.8, 4) is 0 Å². The van der Waals surface area contributed by atoms with Gasteiger partial charge in [-0.25, -0.2) is 0 Å². The number of fused-ring (bicyclic) bond motifs is 2. The Labute approximate surface area is 167 Å². The second-order valence-electron chi connectivity index (χ2n) is 8.54. The second-order valence-corrected chi connectivity index (χ2v) is 8.54. The highest BCUT2D eigenvalue weighted by molar-refractivity contribution is 5.98. The van der Waals surface area contributed by atoms with Crippen LogP contribution in [0.15, 0.2) is 42.5 Å². The largest absolute Gasteiger partial charge is 0.352 e. The molecule has 3 atom stereocenters. The molecule has 2 amide bonds. The van der Waals surface area contributed by atoms with Crippen LogP contribution in [0.5, 0.6) is 0 Å². The van der Waals surface area contributed by atoms with E-state index in [1.165, 1.54) is 19.3 Å². The maximum Gasteiger partial charge on any atom is 0.251 e. The zero-order valence-electron chi connectivity index (χ0n) is 16.7. The van der Waals surface area contributed by atoms with Gasteiger partial charge in [0.25, 0.3) is 5.91 Å². The first-order chi connectivity index (χ1) is 13.6. The van der Waals surface area contributed by atoms with Gasteiger partial charge >= 0.3 is 0 Å². The van der Waals surface area contributed by atoms with E-state index in [0.29, 0.717) is 30.5 Å². The van der Waals surface area contributed by atoms with E-state index in [1.807, 2.05) is 42.5 Å². The average Bonchev–Trinajstić information content (AvgIpc) is 2.72. The van der Waals surface area contributed by atoms with Crippen molar-refractivity contribution in [3.05, 3.63) is 48.0 Å². The van der Waals surface area contributed by atoms with E-state index in [2.05, 4.69) is 17.1 Å². The quantitative estimate of drug-likeness (QED) is 0.858. The van der Waals surface area contributed by atoms with Crippen molar-refractivity contribution >= 4 is 22.6 Å². The van der Waals surface area contributed by atoms with Gasteiger partial charge in [0.2, 0.25) is 5.91 Å². The van der Waals surface area contributed by atoms with Crippen molar-refractivity contribution in [2.45, 2.75) is 51.5 Å². The molecule has 1 N–H and O–H groups in total. The molecular formula is C24H30N2O2. The van der Waals surface area contributed by atoms with Gasteiger partial charge in [-0.2, -0.15) is 0 Å². The molecule has 1 saturated heterocycles. The van der Waals surface area contributed by atoms with Crippen LogP contribution in [0.3, 0.4) is 0 Å². The number of benzene rings is 2. The predicted octanol–water partition coefficient (Wildman–Crippen LogP) is 4.39. The molecular weight excluding hydrogens is 348 g/mol. The van der Waals surface area contributed by atoms with Crippen molar-refractivity contribution in [2.24, 2.45) is 11.8 Å². The Morgan fingerprint density at radius 1 is 1.07 bits per heavy atom. The van der Waals surface area contributed by atoms with Crippen molar-refractivity contribution in [1.82, 2.24) is 10.2 Å². The van der Waals surface area contributed by atoms with Gasteiger partial charge in [0.1, 0.15) is 0 Å². The summed E-state index contributed by atoms with van der Waals surface area (Å²) >= 11 is 0. The lowest BCUT2D eigenvalue weighted by Gasteiger charge is -2.45. The van der Waals surface area contributed by atoms with Gasteiger partial charge in [-0.15, -0.1) is 0 Å². The van der Waals surface area contributed by atoms with Crippen LogP contribution in [0.2, 0.25) is 0 Å². The van der Waals surface area contributed by atoms with Gasteiger partial charge in [0, 0.05) is 31.1 Å². The summed E-state index contributed by atoms with van der Waals surface area (Å²) in [6, 6.07) is 14.2. The Bertz CT molecular complexity index is 863. The lowest BCUT2D eigenvalue weighted by molar-refractivity contribution is -0.137. The number of amides is 2. The number of nitrogens with one attached hydrogen (secondary N) is 1. The topological polar surface area (TPSA) is 49.4 Å². The molecule has 1 saturated carbocycles. The summed E-state index contributed by atoms with van der Waals surface area (Å²) in [5, 5.41) is 5.10. The summed E-state index contributed by atoms with van der Waals surface area (Å²) in [4.78, 5) is 27.4. The molecule has 0 spiro atoms. The third-order valence-electron chi connectivity index (χ3n) is 6.54. The molecule has 4 rings (SSSR count). The monoisotopic (exact) mass is 378 g/mol. The van der Waals surface area contributed by atoms with Crippen molar-refractivity contribution in [1.29, 1.82) is 0 Å². The second kappa shape index (κ2) is 8.34. The SMILES string of the molecule is C[C@@H]1CC[C@H]2[C@@H](CCCN2C(=O)CCNC(=O)c2ccc3ccccc3c2)C1. The third kappa shape index (κ3) is 4.06. The lowest BCUT2D eigenvalue weighted by Crippen LogP contribution is -2.51. The van der Waals surface area contributed by atoms with E-state index in [0.717, 1.165) is 36.1 Å². The summed E-state index contributed by atoms with van der Waals surface area (Å²) in [5.74, 6) is 1.55. The van der Waals surface area contributed by atoms with Crippen LogP contribution in [0.4, 0.5) is 0 Å². The number of likely N-dealkylation sites (tertiary alicyclic amines) is 1. The maximum absolute atomic E-state index is 12.8. The first-order valence-corrected chi connectivity index (χ1v) is 10.7. The highest BCUT2D eigenvalue weighted by atomic mass is 16.2. The maximum atomic E-state index is 12.8. The normalized spacial score (nSPS) is 24.6. The molecule has 4 nitrogen and oxygen atoms in total. The number of hydrogen-bond donors (Lipinski definition) is 1. The highest BCUT2D eigenvalue weighted by Gasteiger charge is 2.37. The third-order valence-corrected chi connectivity index (χ3v) is 6.54. The molecule has 1 aliphatic heterocycles. The summed E-state index contributed by atoms with van der Waals surface area (Å²) in [6.07, 6.45) is 6.39. The standard InChI is InChI=1S/C24H30N2O2/c1-17-8-11-22-20(15-17)7-4-14-26(22)23(27)12-13-25-24(28)21-10-9-18-5-2-3-6-19(18)16-21/h2-3,5-6,9-10,16-17,20,22H,4,7-8,11-15H2,1H3,(H,25,28)/t17-,20+,22+/m1/s1. The lowest BCUT2D eigenvalue weighted by atomic mass is 9.74. The molecule has 4 heteroatoms. The Balaban J connectivity index is 1.31. The van der Waals surface area contributed by atoms with Gasteiger partial charge in [-0.05, 0) is 66.8 Å². The smallest absolute Gasteiger partial charge is 0.251 e. The number of rotatable bonds is 4. The molecule has 2 aromatic carbocycles. The van der Waals surface area contributed by atoms with E-state index in [4.69, 9.17) is 0 Å². The van der Waals surface area contributed by atoms with E-state index >= 15 is 0 Å². The van der Waals surface area contributed by atoms with Gasteiger partial charge in [0.15, 0.2) is 0 Å². The van der Waals surface area contributed by atoms with Crippen LogP contribution in [0.25, 0.3) is 10.8 Å². The summed E-state index contributed by atoms with van der Waals surface area (Å²) < 4.78 is 0. The van der Waals surface area contributed by atoms with Crippen LogP contribution in [0, 0.1) is 11.8 Å². The first-order valence-electron chi connectivity index (χ1n) is 10.7. The van der Waals surface area contributed by atoms with Crippen LogP contribution >= 0.6 is 0 Å². The number of carbonyl (C=O) groups excluding carboxylic acids is 2. The van der Waals surface area contributed by atoms with E-state index in [9.17, 15) is 9.59 Å². The molecule has 2 fully saturated rings. The van der Waals surface area contributed by atoms with Gasteiger partial charge < -0.3 is 10.2 Å². The molecule has 1 heterocycles. The van der Waals surface area contributed by atoms with Gasteiger partial charge in [0.05, 0.1) is 0 Å². The fraction of sp³-hybridized carbons (Fsp3) is 0.500. The zero-order chi connectivity index (χ0) is 19.5. The predicted molar refractivity (Wildman–Crippen MR) is 112 cm³/mol. The van der Waals surface area contributed by atoms with E-state index < -0.39 is 0 Å². The molecule has 0 radical (unpaired) electrons. The summed E-state index contributed by atoms with van der Waals surface area (Å²) in [7, 11) is 0. The minimum atomic E-state index is -0.110. The van der Waals surface area contributed by atoms with E-state index in [1.54, 1.807) is 0 Å². The number of hydrogen-bond acceptors (Lipinski definition) is 2. The van der Waals surface area contributed by atoms with Crippen molar-refractivity contribution in [3.63, 3.8) is 0 Å². The van der Waals surface area contributed by atoms with Gasteiger partial charge in [-0.3, -0.25) is 9.59 Å². The van der Waals surface area contributed by atoms with Crippen molar-refractivity contribution in [2.75, 3.05) is 13.1 Å². The molecule has 0 bridgehead atoms. The van der Waals surface area contributed by atoms with Crippen LogP contribution in [-0.4, -0.2) is 35.8 Å². The molecule has 148 valence electrons. The van der Waals surface area contributed by atoms with E-state index in [-0.39, 0.29) is 11.8 Å². The number of carbonyl (C=O) groups is 2. The number of piperidine rings is 1. The Hall–Kier alpha value is -2.36. The molecule has 1 aliphatic carbocycles. The average molecular weight is 379 g/mol. The fourth-order valence-electron chi connectivity index (χ4n) is 5.06. The molecule has 28 heavy (non-hydrogen) atoms. The minimum absolute atomic E-state index is 0.110. The first kappa shape index (κ1) is 19.0.